The van der Waals surface area contributed by atoms with Crippen LogP contribution in [0.1, 0.15) is 39.1 Å². The molecule has 1 saturated heterocycles. The lowest BCUT2D eigenvalue weighted by Gasteiger charge is -2.39. The highest BCUT2D eigenvalue weighted by Crippen LogP contribution is 2.33. The van der Waals surface area contributed by atoms with Gasteiger partial charge in [-0.3, -0.25) is 4.79 Å². The molecule has 0 bridgehead atoms. The molecule has 248 valence electrons. The molecule has 1 fully saturated rings. The first-order valence-corrected chi connectivity index (χ1v) is 15.3. The number of ketones is 1. The quantitative estimate of drug-likeness (QED) is 0.117. The maximum absolute atomic E-state index is 14.5. The minimum Gasteiger partial charge on any atom is -0.495 e. The number of nitrogens with zero attached hydrogens (tertiary/aromatic N) is 1. The number of carboxylic acid groups (broad SMARTS) is 2. The van der Waals surface area contributed by atoms with Gasteiger partial charge in [0.25, 0.3) is 0 Å². The van der Waals surface area contributed by atoms with Gasteiger partial charge in [0, 0.05) is 19.5 Å². The number of carbonyl (C=O) groups excluding carboxylic acids is 2. The summed E-state index contributed by atoms with van der Waals surface area (Å²) in [4.78, 5) is 51.8. The van der Waals surface area contributed by atoms with Gasteiger partial charge in [0.2, 0.25) is 5.78 Å². The number of halogens is 1. The number of carboxylic acids is 2. The van der Waals surface area contributed by atoms with Crippen LogP contribution in [0, 0.1) is 0 Å². The Hall–Kier alpha value is -5.59. The lowest BCUT2D eigenvalue weighted by molar-refractivity contribution is -0.214. The van der Waals surface area contributed by atoms with E-state index in [0.29, 0.717) is 35.1 Å². The van der Waals surface area contributed by atoms with Crippen LogP contribution in [0.25, 0.3) is 0 Å². The normalized spacial score (nSPS) is 13.0. The Morgan fingerprint density at radius 3 is 1.83 bits per heavy atom. The van der Waals surface area contributed by atoms with Crippen LogP contribution >= 0.6 is 11.6 Å². The molecule has 48 heavy (non-hydrogen) atoms. The number of likely N-dealkylation sites (tertiary alicyclic amines) is 1. The molecule has 1 aliphatic heterocycles. The van der Waals surface area contributed by atoms with Crippen molar-refractivity contribution >= 4 is 46.7 Å². The van der Waals surface area contributed by atoms with E-state index in [1.807, 2.05) is 0 Å². The second-order valence-electron chi connectivity index (χ2n) is 10.8. The first kappa shape index (κ1) is 33.8. The molecule has 1 aliphatic rings. The zero-order chi connectivity index (χ0) is 34.3. The van der Waals surface area contributed by atoms with Gasteiger partial charge >= 0.3 is 23.9 Å². The minimum atomic E-state index is -2.01. The van der Waals surface area contributed by atoms with Crippen LogP contribution in [0.15, 0.2) is 91.0 Å². The topological polar surface area (TPSA) is 164 Å². The average Bonchev–Trinajstić information content (AvgIpc) is 3.62. The summed E-state index contributed by atoms with van der Waals surface area (Å²) in [6, 6.07) is 22.3. The van der Waals surface area contributed by atoms with E-state index in [1.165, 1.54) is 55.6 Å². The second-order valence-corrected chi connectivity index (χ2v) is 11.2. The molecule has 4 aromatic rings. The van der Waals surface area contributed by atoms with Crippen molar-refractivity contribution in [1.29, 1.82) is 0 Å². The molecule has 0 aromatic heterocycles. The summed E-state index contributed by atoms with van der Waals surface area (Å²) in [7, 11) is 1.43. The van der Waals surface area contributed by atoms with Gasteiger partial charge in [-0.05, 0) is 91.2 Å². The number of carbonyl (C=O) groups is 4. The summed E-state index contributed by atoms with van der Waals surface area (Å²) < 4.78 is 18.3. The van der Waals surface area contributed by atoms with Crippen LogP contribution in [0.2, 0.25) is 5.02 Å². The highest BCUT2D eigenvalue weighted by Gasteiger charge is 2.50. The number of methoxy groups -OCH3 is 1. The zero-order valence-electron chi connectivity index (χ0n) is 25.8. The van der Waals surface area contributed by atoms with Gasteiger partial charge in [0.15, 0.2) is 0 Å². The number of amides is 2. The van der Waals surface area contributed by atoms with Gasteiger partial charge in [-0.15, -0.1) is 0 Å². The number of Topliss-reactive ketones (excluding diaryl/α,β-unsaturated/α-hetero) is 1. The first-order valence-electron chi connectivity index (χ1n) is 14.9. The highest BCUT2D eigenvalue weighted by atomic mass is 35.5. The molecule has 5 rings (SSSR count). The van der Waals surface area contributed by atoms with Gasteiger partial charge in [0.05, 0.1) is 34.6 Å². The maximum atomic E-state index is 14.5. The van der Waals surface area contributed by atoms with Gasteiger partial charge in [-0.2, -0.15) is 0 Å². The average molecular weight is 674 g/mol. The van der Waals surface area contributed by atoms with Crippen LogP contribution in [-0.4, -0.2) is 65.0 Å². The standard InChI is InChI=1S/C35H32ClN3O9/c1-46-30-20-22(8-17-29(30)38-34(45)37-28-7-3-2-6-27(28)36)21-31(40)35(39-18-4-5-19-39,47-25-13-9-23(10-14-25)32(41)42)48-26-15-11-24(12-16-26)33(43)44/h2-3,6-17,20H,4-5,18-19,21H2,1H3,(H,41,42)(H,43,44)(H2,37,38,45). The molecule has 0 aliphatic carbocycles. The largest absolute Gasteiger partial charge is 0.495 e. The first-order chi connectivity index (χ1) is 23.1. The summed E-state index contributed by atoms with van der Waals surface area (Å²) >= 11 is 6.15. The van der Waals surface area contributed by atoms with Crippen molar-refractivity contribution in [2.75, 3.05) is 30.8 Å². The van der Waals surface area contributed by atoms with Crippen molar-refractivity contribution in [1.82, 2.24) is 4.90 Å². The number of hydrogen-bond donors (Lipinski definition) is 4. The van der Waals surface area contributed by atoms with Crippen LogP contribution in [0.4, 0.5) is 16.2 Å². The molecule has 0 spiro atoms. The number of anilines is 2. The molecular formula is C35H32ClN3O9. The number of urea groups is 1. The van der Waals surface area contributed by atoms with Crippen LogP contribution < -0.4 is 24.8 Å². The number of rotatable bonds is 13. The third-order valence-corrected chi connectivity index (χ3v) is 7.92. The van der Waals surface area contributed by atoms with Gasteiger partial charge in [0.1, 0.15) is 17.2 Å². The fourth-order valence-electron chi connectivity index (χ4n) is 5.19. The predicted octanol–water partition coefficient (Wildman–Crippen LogP) is 6.41. The van der Waals surface area contributed by atoms with E-state index in [1.54, 1.807) is 47.4 Å². The van der Waals surface area contributed by atoms with E-state index in [-0.39, 0.29) is 34.8 Å². The number of benzene rings is 4. The van der Waals surface area contributed by atoms with Crippen molar-refractivity contribution in [2.45, 2.75) is 25.2 Å². The summed E-state index contributed by atoms with van der Waals surface area (Å²) in [5, 5.41) is 24.5. The third-order valence-electron chi connectivity index (χ3n) is 7.59. The molecule has 13 heteroatoms. The summed E-state index contributed by atoms with van der Waals surface area (Å²) in [6.45, 7) is 0.914. The van der Waals surface area contributed by atoms with E-state index in [4.69, 9.17) is 25.8 Å². The summed E-state index contributed by atoms with van der Waals surface area (Å²) in [6.07, 6.45) is 1.34. The number of hydrogen-bond acceptors (Lipinski definition) is 8. The van der Waals surface area contributed by atoms with Crippen LogP contribution in [-0.2, 0) is 11.2 Å². The zero-order valence-corrected chi connectivity index (χ0v) is 26.5. The summed E-state index contributed by atoms with van der Waals surface area (Å²) in [5.41, 5.74) is 1.35. The van der Waals surface area contributed by atoms with Gasteiger partial charge in [-0.1, -0.05) is 29.8 Å². The minimum absolute atomic E-state index is 0.0342. The number of nitrogens with one attached hydrogen (secondary N) is 2. The number of ether oxygens (including phenoxy) is 3. The lowest BCUT2D eigenvalue weighted by atomic mass is 10.0. The molecule has 0 unspecified atom stereocenters. The van der Waals surface area contributed by atoms with Gasteiger partial charge in [-0.25, -0.2) is 19.3 Å². The highest BCUT2D eigenvalue weighted by molar-refractivity contribution is 6.33. The maximum Gasteiger partial charge on any atom is 0.379 e. The number of aromatic carboxylic acids is 2. The Morgan fingerprint density at radius 2 is 1.31 bits per heavy atom. The van der Waals surface area contributed by atoms with Crippen LogP contribution in [0.3, 0.4) is 0 Å². The SMILES string of the molecule is COc1cc(CC(=O)C(Oc2ccc(C(=O)O)cc2)(Oc2ccc(C(=O)O)cc2)N2CCCC2)ccc1NC(=O)Nc1ccccc1Cl. The second kappa shape index (κ2) is 14.9. The smallest absolute Gasteiger partial charge is 0.379 e. The summed E-state index contributed by atoms with van der Waals surface area (Å²) in [5.74, 6) is -4.08. The van der Waals surface area contributed by atoms with E-state index >= 15 is 0 Å². The van der Waals surface area contributed by atoms with Crippen molar-refractivity contribution in [3.63, 3.8) is 0 Å². The Labute approximate surface area is 280 Å². The molecule has 0 atom stereocenters. The lowest BCUT2D eigenvalue weighted by Crippen LogP contribution is -2.62. The number of para-hydroxylation sites is 1. The van der Waals surface area contributed by atoms with E-state index < -0.39 is 29.7 Å². The third kappa shape index (κ3) is 7.85. The molecule has 4 aromatic carbocycles. The fourth-order valence-corrected chi connectivity index (χ4v) is 5.37. The molecule has 1 heterocycles. The Balaban J connectivity index is 1.45. The van der Waals surface area contributed by atoms with E-state index in [0.717, 1.165) is 12.8 Å². The van der Waals surface area contributed by atoms with Crippen molar-refractivity contribution in [3.8, 4) is 17.2 Å². The van der Waals surface area contributed by atoms with Crippen LogP contribution in [0.5, 0.6) is 17.2 Å². The van der Waals surface area contributed by atoms with Crippen molar-refractivity contribution in [2.24, 2.45) is 0 Å². The molecule has 12 nitrogen and oxygen atoms in total. The Bertz CT molecular complexity index is 1750. The molecule has 2 amide bonds. The molecule has 0 radical (unpaired) electrons. The predicted molar refractivity (Wildman–Crippen MR) is 177 cm³/mol. The van der Waals surface area contributed by atoms with E-state index in [2.05, 4.69) is 10.6 Å². The van der Waals surface area contributed by atoms with Gasteiger partial charge < -0.3 is 35.1 Å². The Kier molecular flexibility index (Phi) is 10.5. The van der Waals surface area contributed by atoms with Crippen molar-refractivity contribution in [3.05, 3.63) is 113 Å². The Morgan fingerprint density at radius 1 is 0.771 bits per heavy atom. The van der Waals surface area contributed by atoms with E-state index in [9.17, 15) is 29.4 Å². The monoisotopic (exact) mass is 673 g/mol. The molecule has 0 saturated carbocycles. The fraction of sp³-hybridized carbons (Fsp3) is 0.200. The van der Waals surface area contributed by atoms with Crippen molar-refractivity contribution < 1.29 is 43.6 Å². The molecular weight excluding hydrogens is 642 g/mol. The molecule has 4 N–H and O–H groups in total.